The summed E-state index contributed by atoms with van der Waals surface area (Å²) in [7, 11) is 0. The Morgan fingerprint density at radius 2 is 0.962 bits per heavy atom. The predicted molar refractivity (Wildman–Crippen MR) is 220 cm³/mol. The molecule has 6 aromatic carbocycles. The van der Waals surface area contributed by atoms with Gasteiger partial charge in [0.05, 0.1) is 18.6 Å². The van der Waals surface area contributed by atoms with Gasteiger partial charge >= 0.3 is 0 Å². The van der Waals surface area contributed by atoms with Crippen LogP contribution >= 0.6 is 22.7 Å². The average Bonchev–Trinajstić information content (AvgIpc) is 3.89. The van der Waals surface area contributed by atoms with Crippen molar-refractivity contribution < 1.29 is 19.7 Å². The molecular weight excluding hydrogens is 693 g/mol. The molecule has 2 aromatic heterocycles. The van der Waals surface area contributed by atoms with Crippen molar-refractivity contribution in [3.63, 3.8) is 0 Å². The maximum absolute atomic E-state index is 9.54. The first-order chi connectivity index (χ1) is 26.0. The highest BCUT2D eigenvalue weighted by Gasteiger charge is 2.47. The predicted octanol–water partition coefficient (Wildman–Crippen LogP) is 11.2. The second-order valence-corrected chi connectivity index (χ2v) is 15.8. The van der Waals surface area contributed by atoms with Crippen molar-refractivity contribution in [2.45, 2.75) is 19.3 Å². The molecule has 0 bridgehead atoms. The quantitative estimate of drug-likeness (QED) is 0.147. The number of hydrogen-bond acceptors (Lipinski definition) is 6. The first kappa shape index (κ1) is 33.6. The van der Waals surface area contributed by atoms with E-state index in [1.807, 2.05) is 22.7 Å². The van der Waals surface area contributed by atoms with Gasteiger partial charge in [-0.15, -0.1) is 22.7 Å². The maximum atomic E-state index is 9.54. The van der Waals surface area contributed by atoms with Crippen LogP contribution in [-0.4, -0.2) is 36.6 Å². The number of aliphatic hydroxyl groups excluding tert-OH is 2. The minimum atomic E-state index is -0.690. The first-order valence-corrected chi connectivity index (χ1v) is 19.6. The van der Waals surface area contributed by atoms with Crippen LogP contribution < -0.4 is 9.47 Å². The molecule has 0 unspecified atom stereocenters. The second kappa shape index (κ2) is 13.6. The molecule has 53 heavy (non-hydrogen) atoms. The van der Waals surface area contributed by atoms with E-state index in [1.54, 1.807) is 0 Å². The molecule has 6 heteroatoms. The van der Waals surface area contributed by atoms with Crippen LogP contribution in [0.3, 0.4) is 0 Å². The number of aryl methyl sites for hydroxylation is 2. The Balaban J connectivity index is 1.34. The third-order valence-electron chi connectivity index (χ3n) is 10.5. The van der Waals surface area contributed by atoms with Crippen molar-refractivity contribution in [3.05, 3.63) is 167 Å². The second-order valence-electron chi connectivity index (χ2n) is 13.7. The number of hydrogen-bond donors (Lipinski definition) is 2. The fraction of sp³-hybridized carbons (Fsp3) is 0.149. The van der Waals surface area contributed by atoms with Crippen molar-refractivity contribution in [1.29, 1.82) is 0 Å². The zero-order chi connectivity index (χ0) is 36.1. The molecule has 4 nitrogen and oxygen atoms in total. The topological polar surface area (TPSA) is 58.9 Å². The summed E-state index contributed by atoms with van der Waals surface area (Å²) in [6.07, 6.45) is 0. The monoisotopic (exact) mass is 730 g/mol. The highest BCUT2D eigenvalue weighted by Crippen LogP contribution is 2.58. The highest BCUT2D eigenvalue weighted by atomic mass is 32.1. The molecular formula is C47H38O4S2. The van der Waals surface area contributed by atoms with Gasteiger partial charge in [0.2, 0.25) is 0 Å². The van der Waals surface area contributed by atoms with Gasteiger partial charge in [0, 0.05) is 19.2 Å². The number of rotatable bonds is 10. The van der Waals surface area contributed by atoms with E-state index < -0.39 is 5.41 Å². The standard InChI is InChI=1S/C47H38O4S2/c1-29-23-35(13-17-41(29)50-21-19-48)47(36-14-18-42(30(2)24-36)51-22-20-49)39-25-33(45-27-31-7-3-5-9-43(31)52-45)11-15-37(39)38-16-12-34(26-40(38)47)46-28-32-8-4-6-10-44(32)53-46/h3-18,23-28,48-49H,19-22H2,1-2H3. The summed E-state index contributed by atoms with van der Waals surface area (Å²) < 4.78 is 14.5. The van der Waals surface area contributed by atoms with Crippen LogP contribution in [-0.2, 0) is 5.41 Å². The number of fused-ring (bicyclic) bond motifs is 5. The van der Waals surface area contributed by atoms with Crippen LogP contribution in [0.5, 0.6) is 11.5 Å². The van der Waals surface area contributed by atoms with Crippen molar-refractivity contribution in [3.8, 4) is 43.5 Å². The van der Waals surface area contributed by atoms with Gasteiger partial charge < -0.3 is 19.7 Å². The van der Waals surface area contributed by atoms with E-state index in [2.05, 4.69) is 147 Å². The van der Waals surface area contributed by atoms with Crippen LogP contribution in [0.15, 0.2) is 133 Å². The molecule has 8 aromatic rings. The number of aliphatic hydroxyl groups is 2. The fourth-order valence-electron chi connectivity index (χ4n) is 8.07. The Morgan fingerprint density at radius 1 is 0.509 bits per heavy atom. The van der Waals surface area contributed by atoms with Gasteiger partial charge in [0.15, 0.2) is 0 Å². The average molecular weight is 731 g/mol. The Morgan fingerprint density at radius 3 is 1.38 bits per heavy atom. The molecule has 2 heterocycles. The van der Waals surface area contributed by atoms with E-state index in [4.69, 9.17) is 9.47 Å². The van der Waals surface area contributed by atoms with Crippen molar-refractivity contribution >= 4 is 42.8 Å². The van der Waals surface area contributed by atoms with E-state index in [1.165, 1.54) is 63.3 Å². The van der Waals surface area contributed by atoms with Gasteiger partial charge in [-0.1, -0.05) is 84.9 Å². The van der Waals surface area contributed by atoms with Crippen LogP contribution in [0.2, 0.25) is 0 Å². The smallest absolute Gasteiger partial charge is 0.122 e. The summed E-state index contributed by atoms with van der Waals surface area (Å²) in [6.45, 7) is 4.55. The van der Waals surface area contributed by atoms with E-state index in [-0.39, 0.29) is 26.4 Å². The van der Waals surface area contributed by atoms with Gasteiger partial charge in [-0.25, -0.2) is 0 Å². The minimum Gasteiger partial charge on any atom is -0.491 e. The van der Waals surface area contributed by atoms with Gasteiger partial charge in [-0.2, -0.15) is 0 Å². The van der Waals surface area contributed by atoms with Gasteiger partial charge in [-0.05, 0) is 129 Å². The molecule has 0 saturated heterocycles. The molecule has 9 rings (SSSR count). The maximum Gasteiger partial charge on any atom is 0.122 e. The summed E-state index contributed by atoms with van der Waals surface area (Å²) in [5.74, 6) is 1.52. The van der Waals surface area contributed by atoms with Crippen LogP contribution in [0, 0.1) is 13.8 Å². The summed E-state index contributed by atoms with van der Waals surface area (Å²) in [5.41, 5.74) is 10.8. The van der Waals surface area contributed by atoms with Crippen molar-refractivity contribution in [2.75, 3.05) is 26.4 Å². The molecule has 0 fully saturated rings. The normalized spacial score (nSPS) is 13.0. The zero-order valence-electron chi connectivity index (χ0n) is 29.6. The van der Waals surface area contributed by atoms with E-state index in [0.717, 1.165) is 33.8 Å². The van der Waals surface area contributed by atoms with Crippen LogP contribution in [0.25, 0.3) is 52.2 Å². The molecule has 2 N–H and O–H groups in total. The molecule has 262 valence electrons. The fourth-order valence-corrected chi connectivity index (χ4v) is 10.2. The molecule has 1 aliphatic carbocycles. The molecule has 0 atom stereocenters. The minimum absolute atomic E-state index is 0.0448. The largest absolute Gasteiger partial charge is 0.491 e. The lowest BCUT2D eigenvalue weighted by molar-refractivity contribution is 0.200. The van der Waals surface area contributed by atoms with Crippen LogP contribution in [0.4, 0.5) is 0 Å². The molecule has 1 aliphatic rings. The molecule has 0 amide bonds. The van der Waals surface area contributed by atoms with Crippen molar-refractivity contribution in [1.82, 2.24) is 0 Å². The Bertz CT molecular complexity index is 2400. The lowest BCUT2D eigenvalue weighted by atomic mass is 9.66. The van der Waals surface area contributed by atoms with Crippen LogP contribution in [0.1, 0.15) is 33.4 Å². The van der Waals surface area contributed by atoms with Gasteiger partial charge in [0.25, 0.3) is 0 Å². The lowest BCUT2D eigenvalue weighted by Gasteiger charge is -2.35. The molecule has 0 saturated carbocycles. The molecule has 0 spiro atoms. The van der Waals surface area contributed by atoms with Gasteiger partial charge in [0.1, 0.15) is 24.7 Å². The highest BCUT2D eigenvalue weighted by molar-refractivity contribution is 7.22. The number of benzene rings is 6. The molecule has 0 radical (unpaired) electrons. The summed E-state index contributed by atoms with van der Waals surface area (Å²) >= 11 is 3.65. The zero-order valence-corrected chi connectivity index (χ0v) is 31.2. The van der Waals surface area contributed by atoms with Gasteiger partial charge in [-0.3, -0.25) is 0 Å². The van der Waals surface area contributed by atoms with E-state index in [9.17, 15) is 10.2 Å². The van der Waals surface area contributed by atoms with E-state index in [0.29, 0.717) is 0 Å². The third-order valence-corrected chi connectivity index (χ3v) is 12.8. The third kappa shape index (κ3) is 5.65. The summed E-state index contributed by atoms with van der Waals surface area (Å²) in [4.78, 5) is 2.47. The summed E-state index contributed by atoms with van der Waals surface area (Å²) in [5, 5.41) is 21.6. The molecule has 0 aliphatic heterocycles. The first-order valence-electron chi connectivity index (χ1n) is 17.9. The lowest BCUT2D eigenvalue weighted by Crippen LogP contribution is -2.29. The Kier molecular flexibility index (Phi) is 8.64. The SMILES string of the molecule is Cc1cc(C2(c3ccc(OCCO)c(C)c3)c3cc(-c4cc5ccccc5s4)ccc3-c3ccc(-c4cc5ccccc5s4)cc32)ccc1OCCO. The Hall–Kier alpha value is -5.24. The number of thiophene rings is 2. The van der Waals surface area contributed by atoms with Crippen molar-refractivity contribution in [2.24, 2.45) is 0 Å². The summed E-state index contributed by atoms with van der Waals surface area (Å²) in [6, 6.07) is 48.8. The van der Waals surface area contributed by atoms with E-state index >= 15 is 0 Å². The Labute approximate surface area is 317 Å². The number of ether oxygens (including phenoxy) is 2.